The van der Waals surface area contributed by atoms with Gasteiger partial charge in [-0.2, -0.15) is 5.10 Å². The quantitative estimate of drug-likeness (QED) is 0.364. The molecule has 33 heavy (non-hydrogen) atoms. The number of aromatic nitrogens is 4. The van der Waals surface area contributed by atoms with Crippen LogP contribution in [0.4, 0.5) is 9.18 Å². The number of aromatic hydroxyl groups is 1. The monoisotopic (exact) mass is 448 g/mol. The standard InChI is InChI=1S/C24H25FN6O2/c1-2-14-10-21(32)19(25)11-18(14)15-5-6-17-20(9-15)29-30-22(17)23-26-12-16(28-23)13-27-24(33)31-7-3-4-8-31/h5-6,9-12,32H,2-4,7-8,13H2,1H3,(H,26,28)(H,27,33)(H,29,30). The van der Waals surface area contributed by atoms with Crippen LogP contribution in [0.5, 0.6) is 5.75 Å². The van der Waals surface area contributed by atoms with Gasteiger partial charge in [0, 0.05) is 24.7 Å². The Kier molecular flexibility index (Phi) is 5.45. The lowest BCUT2D eigenvalue weighted by Crippen LogP contribution is -2.37. The van der Waals surface area contributed by atoms with E-state index < -0.39 is 5.82 Å². The van der Waals surface area contributed by atoms with Crippen LogP contribution in [0, 0.1) is 5.82 Å². The molecule has 1 aliphatic rings. The molecule has 5 rings (SSSR count). The van der Waals surface area contributed by atoms with Crippen LogP contribution >= 0.6 is 0 Å². The Morgan fingerprint density at radius 3 is 2.85 bits per heavy atom. The maximum absolute atomic E-state index is 14.0. The molecule has 8 nitrogen and oxygen atoms in total. The van der Waals surface area contributed by atoms with Crippen molar-refractivity contribution < 1.29 is 14.3 Å². The fraction of sp³-hybridized carbons (Fsp3) is 0.292. The Labute approximate surface area is 189 Å². The topological polar surface area (TPSA) is 110 Å². The van der Waals surface area contributed by atoms with Crippen molar-refractivity contribution in [3.63, 3.8) is 0 Å². The molecular weight excluding hydrogens is 423 g/mol. The number of carbonyl (C=O) groups is 1. The van der Waals surface area contributed by atoms with E-state index in [4.69, 9.17) is 0 Å². The number of amides is 2. The highest BCUT2D eigenvalue weighted by Crippen LogP contribution is 2.33. The number of phenols is 1. The number of imidazole rings is 1. The summed E-state index contributed by atoms with van der Waals surface area (Å²) in [4.78, 5) is 21.7. The van der Waals surface area contributed by atoms with Gasteiger partial charge >= 0.3 is 6.03 Å². The normalized spacial score (nSPS) is 13.7. The zero-order chi connectivity index (χ0) is 22.9. The summed E-state index contributed by atoms with van der Waals surface area (Å²) in [5.74, 6) is -0.386. The first-order valence-corrected chi connectivity index (χ1v) is 11.1. The van der Waals surface area contributed by atoms with Gasteiger partial charge in [0.05, 0.1) is 17.8 Å². The highest BCUT2D eigenvalue weighted by atomic mass is 19.1. The van der Waals surface area contributed by atoms with Gasteiger partial charge in [0.1, 0.15) is 5.69 Å². The van der Waals surface area contributed by atoms with E-state index in [-0.39, 0.29) is 11.8 Å². The smallest absolute Gasteiger partial charge is 0.317 e. The van der Waals surface area contributed by atoms with Crippen LogP contribution in [0.1, 0.15) is 31.0 Å². The van der Waals surface area contributed by atoms with Crippen LogP contribution in [0.2, 0.25) is 0 Å². The van der Waals surface area contributed by atoms with Crippen LogP contribution in [0.3, 0.4) is 0 Å². The highest BCUT2D eigenvalue weighted by molar-refractivity contribution is 5.94. The molecule has 2 aromatic carbocycles. The number of fused-ring (bicyclic) bond motifs is 1. The number of rotatable bonds is 5. The summed E-state index contributed by atoms with van der Waals surface area (Å²) in [7, 11) is 0. The first-order chi connectivity index (χ1) is 16.0. The van der Waals surface area contributed by atoms with Gasteiger partial charge in [-0.05, 0) is 60.2 Å². The summed E-state index contributed by atoms with van der Waals surface area (Å²) in [6.45, 7) is 3.90. The van der Waals surface area contributed by atoms with Gasteiger partial charge in [-0.1, -0.05) is 13.0 Å². The van der Waals surface area contributed by atoms with Crippen LogP contribution in [0.25, 0.3) is 33.5 Å². The van der Waals surface area contributed by atoms with Gasteiger partial charge in [-0.25, -0.2) is 14.2 Å². The van der Waals surface area contributed by atoms with Crippen LogP contribution in [0.15, 0.2) is 36.5 Å². The van der Waals surface area contributed by atoms with E-state index in [0.717, 1.165) is 59.2 Å². The second-order valence-electron chi connectivity index (χ2n) is 8.24. The number of carbonyl (C=O) groups excluding carboxylic acids is 1. The average Bonchev–Trinajstić information content (AvgIpc) is 3.58. The van der Waals surface area contributed by atoms with Crippen molar-refractivity contribution in [3.05, 3.63) is 53.6 Å². The zero-order valence-electron chi connectivity index (χ0n) is 18.3. The second kappa shape index (κ2) is 8.57. The number of nitrogens with zero attached hydrogens (tertiary/aromatic N) is 3. The van der Waals surface area contributed by atoms with E-state index in [1.54, 1.807) is 6.20 Å². The second-order valence-corrected chi connectivity index (χ2v) is 8.24. The number of phenolic OH excluding ortho intramolecular Hbond substituents is 1. The average molecular weight is 449 g/mol. The minimum atomic E-state index is -0.646. The number of hydrogen-bond donors (Lipinski definition) is 4. The molecule has 4 aromatic rings. The predicted molar refractivity (Wildman–Crippen MR) is 123 cm³/mol. The Bertz CT molecular complexity index is 1320. The van der Waals surface area contributed by atoms with Gasteiger partial charge in [-0.3, -0.25) is 5.10 Å². The summed E-state index contributed by atoms with van der Waals surface area (Å²) in [5, 5.41) is 20.9. The molecule has 1 fully saturated rings. The number of halogens is 1. The Morgan fingerprint density at radius 2 is 2.06 bits per heavy atom. The Balaban J connectivity index is 1.38. The molecule has 0 aliphatic carbocycles. The largest absolute Gasteiger partial charge is 0.505 e. The number of aryl methyl sites for hydroxylation is 1. The summed E-state index contributed by atoms with van der Waals surface area (Å²) < 4.78 is 14.0. The van der Waals surface area contributed by atoms with Crippen molar-refractivity contribution >= 4 is 16.9 Å². The Morgan fingerprint density at radius 1 is 1.24 bits per heavy atom. The van der Waals surface area contributed by atoms with Gasteiger partial charge in [0.25, 0.3) is 0 Å². The van der Waals surface area contributed by atoms with Crippen LogP contribution in [-0.2, 0) is 13.0 Å². The van der Waals surface area contributed by atoms with Gasteiger partial charge in [0.2, 0.25) is 0 Å². The van der Waals surface area contributed by atoms with E-state index in [1.807, 2.05) is 30.0 Å². The molecule has 2 amide bonds. The number of H-pyrrole nitrogens is 2. The lowest BCUT2D eigenvalue weighted by atomic mass is 9.96. The third kappa shape index (κ3) is 4.02. The molecule has 0 bridgehead atoms. The zero-order valence-corrected chi connectivity index (χ0v) is 18.3. The number of benzene rings is 2. The molecule has 2 aromatic heterocycles. The van der Waals surface area contributed by atoms with E-state index in [0.29, 0.717) is 24.5 Å². The third-order valence-electron chi connectivity index (χ3n) is 6.10. The van der Waals surface area contributed by atoms with Crippen molar-refractivity contribution in [2.75, 3.05) is 13.1 Å². The van der Waals surface area contributed by atoms with E-state index in [2.05, 4.69) is 25.5 Å². The summed E-state index contributed by atoms with van der Waals surface area (Å²) in [5.41, 5.74) is 4.61. The number of hydrogen-bond acceptors (Lipinski definition) is 4. The SMILES string of the molecule is CCc1cc(O)c(F)cc1-c1ccc2c(-c3nc(CNC(=O)N4CCCC4)c[nH]3)n[nH]c2c1. The minimum absolute atomic E-state index is 0.0630. The maximum Gasteiger partial charge on any atom is 0.317 e. The molecular formula is C24H25FN6O2. The van der Waals surface area contributed by atoms with Crippen molar-refractivity contribution in [3.8, 4) is 28.4 Å². The minimum Gasteiger partial charge on any atom is -0.505 e. The van der Waals surface area contributed by atoms with Crippen LogP contribution in [-0.4, -0.2) is 49.3 Å². The summed E-state index contributed by atoms with van der Waals surface area (Å²) in [6, 6.07) is 8.52. The molecule has 0 unspecified atom stereocenters. The number of urea groups is 1. The molecule has 0 saturated carbocycles. The van der Waals surface area contributed by atoms with Gasteiger partial charge in [-0.15, -0.1) is 0 Å². The molecule has 9 heteroatoms. The van der Waals surface area contributed by atoms with Crippen molar-refractivity contribution in [1.82, 2.24) is 30.4 Å². The molecule has 0 atom stereocenters. The number of aromatic amines is 2. The first kappa shape index (κ1) is 21.0. The predicted octanol–water partition coefficient (Wildman–Crippen LogP) is 4.33. The van der Waals surface area contributed by atoms with E-state index in [9.17, 15) is 14.3 Å². The fourth-order valence-corrected chi connectivity index (χ4v) is 4.30. The first-order valence-electron chi connectivity index (χ1n) is 11.1. The Hall–Kier alpha value is -3.88. The van der Waals surface area contributed by atoms with Crippen molar-refractivity contribution in [2.24, 2.45) is 0 Å². The fourth-order valence-electron chi connectivity index (χ4n) is 4.30. The van der Waals surface area contributed by atoms with Crippen LogP contribution < -0.4 is 5.32 Å². The molecule has 4 N–H and O–H groups in total. The van der Waals surface area contributed by atoms with Crippen molar-refractivity contribution in [1.29, 1.82) is 0 Å². The lowest BCUT2D eigenvalue weighted by molar-refractivity contribution is 0.208. The van der Waals surface area contributed by atoms with Gasteiger partial charge < -0.3 is 20.3 Å². The molecule has 3 heterocycles. The molecule has 0 spiro atoms. The van der Waals surface area contributed by atoms with Crippen molar-refractivity contribution in [2.45, 2.75) is 32.7 Å². The number of likely N-dealkylation sites (tertiary alicyclic amines) is 1. The molecule has 1 saturated heterocycles. The summed E-state index contributed by atoms with van der Waals surface area (Å²) in [6.07, 6.45) is 4.53. The molecule has 1 aliphatic heterocycles. The third-order valence-corrected chi connectivity index (χ3v) is 6.10. The lowest BCUT2D eigenvalue weighted by Gasteiger charge is -2.15. The van der Waals surface area contributed by atoms with E-state index in [1.165, 1.54) is 12.1 Å². The summed E-state index contributed by atoms with van der Waals surface area (Å²) >= 11 is 0. The maximum atomic E-state index is 14.0. The number of nitrogens with one attached hydrogen (secondary N) is 3. The van der Waals surface area contributed by atoms with E-state index >= 15 is 0 Å². The molecule has 0 radical (unpaired) electrons. The highest BCUT2D eigenvalue weighted by Gasteiger charge is 2.18. The molecule has 170 valence electrons. The van der Waals surface area contributed by atoms with Gasteiger partial charge in [0.15, 0.2) is 17.4 Å².